The van der Waals surface area contributed by atoms with Gasteiger partial charge in [-0.15, -0.1) is 0 Å². The number of carboxylic acids is 1. The monoisotopic (exact) mass is 287 g/mol. The van der Waals surface area contributed by atoms with E-state index in [9.17, 15) is 9.18 Å². The molecule has 0 aliphatic carbocycles. The Morgan fingerprint density at radius 2 is 1.90 bits per heavy atom. The van der Waals surface area contributed by atoms with E-state index in [1.807, 2.05) is 13.8 Å². The quantitative estimate of drug-likeness (QED) is 0.882. The number of aromatic carboxylic acids is 1. The van der Waals surface area contributed by atoms with Gasteiger partial charge in [0, 0.05) is 12.6 Å². The second kappa shape index (κ2) is 6.50. The summed E-state index contributed by atoms with van der Waals surface area (Å²) in [5, 5.41) is 12.1. The lowest BCUT2D eigenvalue weighted by Gasteiger charge is -2.15. The average Bonchev–Trinajstić information content (AvgIpc) is 2.45. The summed E-state index contributed by atoms with van der Waals surface area (Å²) in [6, 6.07) is 12.5. The first kappa shape index (κ1) is 15.2. The van der Waals surface area contributed by atoms with E-state index >= 15 is 0 Å². The number of carboxylic acid groups (broad SMARTS) is 1. The Hall–Kier alpha value is -2.20. The zero-order valence-corrected chi connectivity index (χ0v) is 12.1. The molecule has 0 aromatic heterocycles. The number of hydrogen-bond donors (Lipinski definition) is 2. The van der Waals surface area contributed by atoms with Gasteiger partial charge in [0.1, 0.15) is 5.82 Å². The molecule has 2 aromatic carbocycles. The van der Waals surface area contributed by atoms with Crippen LogP contribution in [0.4, 0.5) is 4.39 Å². The van der Waals surface area contributed by atoms with Gasteiger partial charge in [-0.3, -0.25) is 0 Å². The van der Waals surface area contributed by atoms with Crippen LogP contribution in [0.5, 0.6) is 0 Å². The fourth-order valence-electron chi connectivity index (χ4n) is 2.09. The summed E-state index contributed by atoms with van der Waals surface area (Å²) in [6.07, 6.45) is 0. The zero-order valence-electron chi connectivity index (χ0n) is 12.1. The van der Waals surface area contributed by atoms with E-state index in [1.54, 1.807) is 6.07 Å². The highest BCUT2D eigenvalue weighted by Crippen LogP contribution is 2.15. The highest BCUT2D eigenvalue weighted by Gasteiger charge is 2.11. The van der Waals surface area contributed by atoms with E-state index in [0.717, 1.165) is 11.1 Å². The van der Waals surface area contributed by atoms with Crippen LogP contribution in [0.2, 0.25) is 0 Å². The normalized spacial score (nSPS) is 12.1. The molecule has 2 N–H and O–H groups in total. The lowest BCUT2D eigenvalue weighted by atomic mass is 10.1. The molecule has 0 saturated carbocycles. The molecule has 21 heavy (non-hydrogen) atoms. The Morgan fingerprint density at radius 1 is 1.24 bits per heavy atom. The van der Waals surface area contributed by atoms with E-state index in [1.165, 1.54) is 17.7 Å². The van der Waals surface area contributed by atoms with Gasteiger partial charge in [-0.2, -0.15) is 0 Å². The van der Waals surface area contributed by atoms with Gasteiger partial charge in [0.15, 0.2) is 0 Å². The van der Waals surface area contributed by atoms with Crippen molar-refractivity contribution in [3.05, 3.63) is 70.5 Å². The van der Waals surface area contributed by atoms with Crippen molar-refractivity contribution in [2.24, 2.45) is 0 Å². The summed E-state index contributed by atoms with van der Waals surface area (Å²) in [5.74, 6) is -1.95. The van der Waals surface area contributed by atoms with Gasteiger partial charge in [-0.1, -0.05) is 35.9 Å². The van der Waals surface area contributed by atoms with Crippen molar-refractivity contribution in [2.75, 3.05) is 0 Å². The molecule has 0 spiro atoms. The second-order valence-electron chi connectivity index (χ2n) is 5.13. The van der Waals surface area contributed by atoms with Crippen LogP contribution >= 0.6 is 0 Å². The SMILES string of the molecule is Cc1ccc([C@@H](C)NCc2ccc(C(=O)O)c(F)c2)cc1. The molecule has 4 heteroatoms. The van der Waals surface area contributed by atoms with E-state index < -0.39 is 11.8 Å². The Bertz CT molecular complexity index is 638. The molecule has 1 atom stereocenters. The standard InChI is InChI=1S/C17H18FNO2/c1-11-3-6-14(7-4-11)12(2)19-10-13-5-8-15(17(20)21)16(18)9-13/h3-9,12,19H,10H2,1-2H3,(H,20,21)/t12-/m1/s1. The summed E-state index contributed by atoms with van der Waals surface area (Å²) in [6.45, 7) is 4.55. The van der Waals surface area contributed by atoms with Crippen molar-refractivity contribution in [2.45, 2.75) is 26.4 Å². The number of carbonyl (C=O) groups is 1. The first-order valence-corrected chi connectivity index (χ1v) is 6.79. The van der Waals surface area contributed by atoms with Crippen LogP contribution in [0.15, 0.2) is 42.5 Å². The van der Waals surface area contributed by atoms with Gasteiger partial charge in [0.25, 0.3) is 0 Å². The maximum absolute atomic E-state index is 13.6. The molecule has 0 unspecified atom stereocenters. The zero-order chi connectivity index (χ0) is 15.4. The molecule has 0 aliphatic heterocycles. The molecule has 0 heterocycles. The maximum Gasteiger partial charge on any atom is 0.338 e. The molecule has 3 nitrogen and oxygen atoms in total. The summed E-state index contributed by atoms with van der Waals surface area (Å²) >= 11 is 0. The van der Waals surface area contributed by atoms with Crippen molar-refractivity contribution in [1.82, 2.24) is 5.32 Å². The predicted molar refractivity (Wildman–Crippen MR) is 79.8 cm³/mol. The number of nitrogens with one attached hydrogen (secondary N) is 1. The first-order valence-electron chi connectivity index (χ1n) is 6.79. The smallest absolute Gasteiger partial charge is 0.338 e. The van der Waals surface area contributed by atoms with Gasteiger partial charge in [-0.05, 0) is 37.1 Å². The first-order chi connectivity index (χ1) is 9.97. The minimum atomic E-state index is -1.25. The van der Waals surface area contributed by atoms with Gasteiger partial charge in [0.2, 0.25) is 0 Å². The summed E-state index contributed by atoms with van der Waals surface area (Å²) < 4.78 is 13.6. The van der Waals surface area contributed by atoms with Crippen LogP contribution in [0, 0.1) is 12.7 Å². The minimum absolute atomic E-state index is 0.132. The van der Waals surface area contributed by atoms with Crippen LogP contribution in [0.3, 0.4) is 0 Å². The Kier molecular flexibility index (Phi) is 4.70. The van der Waals surface area contributed by atoms with Crippen molar-refractivity contribution >= 4 is 5.97 Å². The molecule has 2 rings (SSSR count). The van der Waals surface area contributed by atoms with E-state index in [0.29, 0.717) is 6.54 Å². The number of benzene rings is 2. The summed E-state index contributed by atoms with van der Waals surface area (Å²) in [4.78, 5) is 10.8. The molecule has 0 fully saturated rings. The number of aryl methyl sites for hydroxylation is 1. The van der Waals surface area contributed by atoms with Crippen LogP contribution in [-0.2, 0) is 6.54 Å². The lowest BCUT2D eigenvalue weighted by Crippen LogP contribution is -2.18. The van der Waals surface area contributed by atoms with Crippen molar-refractivity contribution in [3.63, 3.8) is 0 Å². The molecule has 2 aromatic rings. The minimum Gasteiger partial charge on any atom is -0.478 e. The molecule has 0 saturated heterocycles. The molecule has 0 radical (unpaired) electrons. The average molecular weight is 287 g/mol. The fraction of sp³-hybridized carbons (Fsp3) is 0.235. The summed E-state index contributed by atoms with van der Waals surface area (Å²) in [7, 11) is 0. The fourth-order valence-corrected chi connectivity index (χ4v) is 2.09. The van der Waals surface area contributed by atoms with Gasteiger partial charge < -0.3 is 10.4 Å². The van der Waals surface area contributed by atoms with Crippen molar-refractivity contribution < 1.29 is 14.3 Å². The van der Waals surface area contributed by atoms with Gasteiger partial charge in [0.05, 0.1) is 5.56 Å². The van der Waals surface area contributed by atoms with Crippen LogP contribution in [0.1, 0.15) is 40.0 Å². The molecule has 0 bridgehead atoms. The van der Waals surface area contributed by atoms with E-state index in [4.69, 9.17) is 5.11 Å². The number of hydrogen-bond acceptors (Lipinski definition) is 2. The largest absolute Gasteiger partial charge is 0.478 e. The van der Waals surface area contributed by atoms with Crippen LogP contribution in [-0.4, -0.2) is 11.1 Å². The van der Waals surface area contributed by atoms with E-state index in [-0.39, 0.29) is 11.6 Å². The van der Waals surface area contributed by atoms with Crippen molar-refractivity contribution in [3.8, 4) is 0 Å². The Morgan fingerprint density at radius 3 is 2.48 bits per heavy atom. The van der Waals surface area contributed by atoms with Gasteiger partial charge >= 0.3 is 5.97 Å². The second-order valence-corrected chi connectivity index (χ2v) is 5.13. The lowest BCUT2D eigenvalue weighted by molar-refractivity contribution is 0.0692. The van der Waals surface area contributed by atoms with Gasteiger partial charge in [-0.25, -0.2) is 9.18 Å². The summed E-state index contributed by atoms with van der Waals surface area (Å²) in [5.41, 5.74) is 2.78. The number of rotatable bonds is 5. The third-order valence-corrected chi connectivity index (χ3v) is 3.45. The highest BCUT2D eigenvalue weighted by molar-refractivity contribution is 5.87. The topological polar surface area (TPSA) is 49.3 Å². The molecular weight excluding hydrogens is 269 g/mol. The molecular formula is C17H18FNO2. The van der Waals surface area contributed by atoms with Crippen LogP contribution in [0.25, 0.3) is 0 Å². The molecule has 0 aliphatic rings. The number of halogens is 1. The van der Waals surface area contributed by atoms with Crippen molar-refractivity contribution in [1.29, 1.82) is 0 Å². The van der Waals surface area contributed by atoms with E-state index in [2.05, 4.69) is 29.6 Å². The molecule has 110 valence electrons. The third-order valence-electron chi connectivity index (χ3n) is 3.45. The molecule has 0 amide bonds. The third kappa shape index (κ3) is 3.89. The highest BCUT2D eigenvalue weighted by atomic mass is 19.1. The Labute approximate surface area is 123 Å². The Balaban J connectivity index is 2.01. The van der Waals surface area contributed by atoms with Crippen LogP contribution < -0.4 is 5.32 Å². The maximum atomic E-state index is 13.6. The predicted octanol–water partition coefficient (Wildman–Crippen LogP) is 3.68.